The fourth-order valence-corrected chi connectivity index (χ4v) is 3.93. The summed E-state index contributed by atoms with van der Waals surface area (Å²) >= 11 is 0. The van der Waals surface area contributed by atoms with Gasteiger partial charge >= 0.3 is 0 Å². The summed E-state index contributed by atoms with van der Waals surface area (Å²) in [7, 11) is 0. The Morgan fingerprint density at radius 1 is 1.10 bits per heavy atom. The number of phenolic OH excluding ortho intramolecular Hbond substituents is 1. The molecule has 1 atom stereocenters. The van der Waals surface area contributed by atoms with E-state index in [0.717, 1.165) is 25.1 Å². The summed E-state index contributed by atoms with van der Waals surface area (Å²) in [5.41, 5.74) is 1.29. The third kappa shape index (κ3) is 6.27. The highest BCUT2D eigenvalue weighted by molar-refractivity contribution is 5.78. The molecule has 29 heavy (non-hydrogen) atoms. The molecule has 156 valence electrons. The fourth-order valence-electron chi connectivity index (χ4n) is 3.93. The van der Waals surface area contributed by atoms with Crippen molar-refractivity contribution in [2.24, 2.45) is 0 Å². The molecule has 0 bridgehead atoms. The molecule has 3 rings (SSSR count). The smallest absolute Gasteiger partial charge is 0.226 e. The van der Waals surface area contributed by atoms with Crippen molar-refractivity contribution in [2.75, 3.05) is 26.2 Å². The highest BCUT2D eigenvalue weighted by Gasteiger charge is 2.33. The maximum absolute atomic E-state index is 12.7. The molecule has 1 aromatic heterocycles. The van der Waals surface area contributed by atoms with E-state index in [-0.39, 0.29) is 11.7 Å². The van der Waals surface area contributed by atoms with Gasteiger partial charge in [0.1, 0.15) is 5.75 Å². The highest BCUT2D eigenvalue weighted by Crippen LogP contribution is 2.25. The number of phenols is 1. The first-order valence-electron chi connectivity index (χ1n) is 10.4. The lowest BCUT2D eigenvalue weighted by Gasteiger charge is -2.33. The average molecular weight is 398 g/mol. The van der Waals surface area contributed by atoms with Gasteiger partial charge in [-0.3, -0.25) is 14.7 Å². The van der Waals surface area contributed by atoms with Gasteiger partial charge in [-0.1, -0.05) is 19.1 Å². The monoisotopic (exact) mass is 397 g/mol. The molecule has 2 N–H and O–H groups in total. The van der Waals surface area contributed by atoms with E-state index in [1.165, 1.54) is 5.56 Å². The van der Waals surface area contributed by atoms with Crippen LogP contribution in [-0.4, -0.2) is 62.7 Å². The summed E-state index contributed by atoms with van der Waals surface area (Å²) in [6.07, 6.45) is 5.98. The van der Waals surface area contributed by atoms with Gasteiger partial charge in [0.2, 0.25) is 5.91 Å². The van der Waals surface area contributed by atoms with Gasteiger partial charge in [-0.05, 0) is 61.2 Å². The molecule has 6 heteroatoms. The second-order valence-corrected chi connectivity index (χ2v) is 7.96. The number of likely N-dealkylation sites (tertiary alicyclic amines) is 1. The number of rotatable bonds is 7. The quantitative estimate of drug-likeness (QED) is 0.751. The van der Waals surface area contributed by atoms with E-state index in [0.29, 0.717) is 38.9 Å². The number of hydrogen-bond acceptors (Lipinski definition) is 5. The lowest BCUT2D eigenvalue weighted by Crippen LogP contribution is -2.44. The fraction of sp³-hybridized carbons (Fsp3) is 0.478. The van der Waals surface area contributed by atoms with Crippen LogP contribution in [0.15, 0.2) is 48.8 Å². The molecule has 1 aromatic carbocycles. The molecule has 1 fully saturated rings. The molecule has 2 aromatic rings. The molecule has 1 amide bonds. The zero-order valence-electron chi connectivity index (χ0n) is 17.1. The van der Waals surface area contributed by atoms with Crippen molar-refractivity contribution in [3.8, 4) is 5.75 Å². The summed E-state index contributed by atoms with van der Waals surface area (Å²) in [4.78, 5) is 20.9. The minimum absolute atomic E-state index is 0.0732. The first-order valence-corrected chi connectivity index (χ1v) is 10.4. The zero-order valence-corrected chi connectivity index (χ0v) is 17.1. The van der Waals surface area contributed by atoms with Crippen LogP contribution in [0.25, 0.3) is 0 Å². The van der Waals surface area contributed by atoms with Crippen LogP contribution in [0.4, 0.5) is 0 Å². The topological polar surface area (TPSA) is 76.9 Å². The molecule has 0 spiro atoms. The molecule has 0 radical (unpaired) electrons. The summed E-state index contributed by atoms with van der Waals surface area (Å²) < 4.78 is 0. The maximum Gasteiger partial charge on any atom is 0.226 e. The second kappa shape index (κ2) is 9.85. The number of carbonyl (C=O) groups excluding carboxylic acids is 1. The molecular formula is C23H31N3O3. The largest absolute Gasteiger partial charge is 0.508 e. The Hall–Kier alpha value is -2.44. The van der Waals surface area contributed by atoms with Crippen molar-refractivity contribution in [1.29, 1.82) is 0 Å². The van der Waals surface area contributed by atoms with E-state index in [1.807, 2.05) is 17.0 Å². The number of benzene rings is 1. The number of hydrogen-bond donors (Lipinski definition) is 2. The lowest BCUT2D eigenvalue weighted by atomic mass is 9.94. The molecule has 0 aliphatic carbocycles. The predicted molar refractivity (Wildman–Crippen MR) is 112 cm³/mol. The number of carbonyl (C=O) groups is 1. The molecule has 2 heterocycles. The zero-order chi connectivity index (χ0) is 20.7. The van der Waals surface area contributed by atoms with E-state index >= 15 is 0 Å². The minimum atomic E-state index is -0.781. The van der Waals surface area contributed by atoms with Crippen LogP contribution in [0.3, 0.4) is 0 Å². The molecule has 1 aliphatic rings. The normalized spacial score (nSPS) is 19.9. The van der Waals surface area contributed by atoms with Gasteiger partial charge in [-0.15, -0.1) is 0 Å². The first-order chi connectivity index (χ1) is 14.0. The van der Waals surface area contributed by atoms with E-state index in [2.05, 4.69) is 16.8 Å². The summed E-state index contributed by atoms with van der Waals surface area (Å²) in [5, 5.41) is 20.6. The Kier molecular flexibility index (Phi) is 7.23. The van der Waals surface area contributed by atoms with Crippen LogP contribution in [0.2, 0.25) is 0 Å². The number of amides is 1. The SMILES string of the molecule is CCN(Cc1ccncc1)C[C@@]1(O)CCCN(C(=O)Cc2ccc(O)cc2)CC1. The first kappa shape index (κ1) is 21.3. The Labute approximate surface area is 172 Å². The molecule has 6 nitrogen and oxygen atoms in total. The number of pyridine rings is 1. The van der Waals surface area contributed by atoms with E-state index in [1.54, 1.807) is 36.7 Å². The Bertz CT molecular complexity index is 782. The third-order valence-electron chi connectivity index (χ3n) is 5.68. The lowest BCUT2D eigenvalue weighted by molar-refractivity contribution is -0.130. The van der Waals surface area contributed by atoms with Crippen molar-refractivity contribution in [3.63, 3.8) is 0 Å². The Morgan fingerprint density at radius 2 is 1.83 bits per heavy atom. The highest BCUT2D eigenvalue weighted by atomic mass is 16.3. The van der Waals surface area contributed by atoms with Crippen molar-refractivity contribution in [1.82, 2.24) is 14.8 Å². The Morgan fingerprint density at radius 3 is 2.52 bits per heavy atom. The summed E-state index contributed by atoms with van der Waals surface area (Å²) in [6.45, 7) is 5.59. The Balaban J connectivity index is 1.55. The van der Waals surface area contributed by atoms with Gasteiger partial charge in [0.15, 0.2) is 0 Å². The van der Waals surface area contributed by atoms with Crippen molar-refractivity contribution in [2.45, 2.75) is 44.8 Å². The summed E-state index contributed by atoms with van der Waals surface area (Å²) in [6, 6.07) is 10.8. The number of aromatic hydroxyl groups is 1. The van der Waals surface area contributed by atoms with E-state index < -0.39 is 5.60 Å². The molecular weight excluding hydrogens is 366 g/mol. The van der Waals surface area contributed by atoms with E-state index in [4.69, 9.17) is 0 Å². The van der Waals surface area contributed by atoms with Crippen molar-refractivity contribution in [3.05, 3.63) is 59.9 Å². The van der Waals surface area contributed by atoms with Crippen molar-refractivity contribution < 1.29 is 15.0 Å². The van der Waals surface area contributed by atoms with Crippen LogP contribution in [0.1, 0.15) is 37.3 Å². The number of aromatic nitrogens is 1. The maximum atomic E-state index is 12.7. The second-order valence-electron chi connectivity index (χ2n) is 7.96. The molecule has 1 aliphatic heterocycles. The van der Waals surface area contributed by atoms with Gasteiger partial charge in [-0.2, -0.15) is 0 Å². The predicted octanol–water partition coefficient (Wildman–Crippen LogP) is 2.60. The van der Waals surface area contributed by atoms with Crippen LogP contribution in [0, 0.1) is 0 Å². The van der Waals surface area contributed by atoms with Gasteiger partial charge < -0.3 is 15.1 Å². The number of nitrogens with zero attached hydrogens (tertiary/aromatic N) is 3. The van der Waals surface area contributed by atoms with Gasteiger partial charge in [0, 0.05) is 38.6 Å². The average Bonchev–Trinajstić information content (AvgIpc) is 2.92. The molecule has 0 unspecified atom stereocenters. The van der Waals surface area contributed by atoms with Gasteiger partial charge in [0.25, 0.3) is 0 Å². The van der Waals surface area contributed by atoms with Crippen LogP contribution in [-0.2, 0) is 17.8 Å². The number of aliphatic hydroxyl groups is 1. The van der Waals surface area contributed by atoms with Crippen LogP contribution in [0.5, 0.6) is 5.75 Å². The van der Waals surface area contributed by atoms with Crippen LogP contribution < -0.4 is 0 Å². The number of likely N-dealkylation sites (N-methyl/N-ethyl adjacent to an activating group) is 1. The van der Waals surface area contributed by atoms with E-state index in [9.17, 15) is 15.0 Å². The van der Waals surface area contributed by atoms with Gasteiger partial charge in [-0.25, -0.2) is 0 Å². The van der Waals surface area contributed by atoms with Crippen molar-refractivity contribution >= 4 is 5.91 Å². The van der Waals surface area contributed by atoms with Gasteiger partial charge in [0.05, 0.1) is 12.0 Å². The standard InChI is InChI=1S/C23H31N3O3/c1-2-25(17-20-8-12-24-13-9-20)18-23(29)10-3-14-26(15-11-23)22(28)16-19-4-6-21(27)7-5-19/h4-9,12-13,27,29H,2-3,10-11,14-18H2,1H3/t23-/m1/s1. The third-order valence-corrected chi connectivity index (χ3v) is 5.68. The minimum Gasteiger partial charge on any atom is -0.508 e. The van der Waals surface area contributed by atoms with Crippen LogP contribution >= 0.6 is 0 Å². The molecule has 0 saturated carbocycles. The summed E-state index contributed by atoms with van der Waals surface area (Å²) in [5.74, 6) is 0.275. The molecule has 1 saturated heterocycles.